The Balaban J connectivity index is 0.000000147. The molecule has 2 aromatic carbocycles. The molecule has 8 fully saturated rings. The van der Waals surface area contributed by atoms with Gasteiger partial charge in [0.2, 0.25) is 0 Å². The summed E-state index contributed by atoms with van der Waals surface area (Å²) >= 11 is 0. The van der Waals surface area contributed by atoms with Crippen LogP contribution in [0.2, 0.25) is 0 Å². The molecule has 0 amide bonds. The maximum Gasteiger partial charge on any atom is 0.303 e. The summed E-state index contributed by atoms with van der Waals surface area (Å²) in [6.07, 6.45) is 22.9. The molecule has 0 bridgehead atoms. The number of aromatic nitrogens is 2. The Labute approximate surface area is 536 Å². The lowest BCUT2D eigenvalue weighted by Crippen LogP contribution is -2.58. The van der Waals surface area contributed by atoms with E-state index in [1.165, 1.54) is 64.2 Å². The number of nitrogens with one attached hydrogen (secondary N) is 2. The third kappa shape index (κ3) is 13.5. The molecule has 4 aromatic rings. The fourth-order valence-corrected chi connectivity index (χ4v) is 22.9. The van der Waals surface area contributed by atoms with E-state index >= 15 is 0 Å². The number of nitrogens with zero attached hydrogens (tertiary/aromatic N) is 2. The second-order valence-electron chi connectivity index (χ2n) is 32.0. The molecule has 8 aliphatic carbocycles. The fraction of sp³-hybridized carbons (Fsp3) is 0.696. The van der Waals surface area contributed by atoms with Gasteiger partial charge in [-0.1, -0.05) is 142 Å². The van der Waals surface area contributed by atoms with Crippen molar-refractivity contribution in [1.29, 1.82) is 0 Å². The summed E-state index contributed by atoms with van der Waals surface area (Å²) in [4.78, 5) is 32.3. The van der Waals surface area contributed by atoms with Gasteiger partial charge in [0.25, 0.3) is 0 Å². The van der Waals surface area contributed by atoms with E-state index in [-0.39, 0.29) is 24.2 Å². The molecule has 6 N–H and O–H groups in total. The lowest BCUT2D eigenvalue weighted by molar-refractivity contribution is -0.168. The summed E-state index contributed by atoms with van der Waals surface area (Å²) in [6, 6.07) is 31.2. The third-order valence-corrected chi connectivity index (χ3v) is 27.7. The van der Waals surface area contributed by atoms with E-state index in [1.54, 1.807) is 12.4 Å². The maximum atomic E-state index is 12.1. The van der Waals surface area contributed by atoms with E-state index in [9.17, 15) is 30.0 Å². The summed E-state index contributed by atoms with van der Waals surface area (Å²) in [7, 11) is 1.87. The molecule has 10 nitrogen and oxygen atoms in total. The minimum Gasteiger partial charge on any atom is -0.481 e. The summed E-state index contributed by atoms with van der Waals surface area (Å²) in [5.41, 5.74) is 4.38. The highest BCUT2D eigenvalue weighted by Gasteiger charge is 2.66. The first kappa shape index (κ1) is 67.4. The second-order valence-corrected chi connectivity index (χ2v) is 32.0. The number of Topliss-reactive ketones (excluding diaryl/α,β-unsaturated/α-hetero) is 1. The normalized spacial score (nSPS) is 39.3. The zero-order valence-electron chi connectivity index (χ0n) is 56.5. The fourth-order valence-electron chi connectivity index (χ4n) is 22.9. The molecule has 0 aliphatic heterocycles. The van der Waals surface area contributed by atoms with Gasteiger partial charge in [0, 0.05) is 30.9 Å². The molecule has 13 unspecified atom stereocenters. The van der Waals surface area contributed by atoms with E-state index in [4.69, 9.17) is 0 Å². The molecule has 488 valence electrons. The summed E-state index contributed by atoms with van der Waals surface area (Å²) in [6.45, 7) is 25.8. The van der Waals surface area contributed by atoms with E-state index in [2.05, 4.69) is 102 Å². The number of likely N-dealkylation sites (N-methyl/N-ethyl adjacent to an activating group) is 1. The van der Waals surface area contributed by atoms with Crippen LogP contribution in [0.25, 0.3) is 0 Å². The van der Waals surface area contributed by atoms with Crippen molar-refractivity contribution in [3.05, 3.63) is 126 Å². The zero-order chi connectivity index (χ0) is 63.6. The first-order valence-corrected chi connectivity index (χ1v) is 35.6. The number of pyridine rings is 2. The first-order valence-electron chi connectivity index (χ1n) is 35.6. The molecule has 89 heavy (non-hydrogen) atoms. The van der Waals surface area contributed by atoms with Crippen molar-refractivity contribution < 1.29 is 30.0 Å². The Hall–Kier alpha value is -4.48. The molecule has 2 aromatic heterocycles. The zero-order valence-corrected chi connectivity index (χ0v) is 56.5. The molecule has 25 atom stereocenters. The molecule has 0 spiro atoms. The monoisotopic (exact) mass is 1220 g/mol. The van der Waals surface area contributed by atoms with Gasteiger partial charge >= 0.3 is 5.97 Å². The Bertz CT molecular complexity index is 2900. The van der Waals surface area contributed by atoms with Crippen LogP contribution in [0.5, 0.6) is 0 Å². The van der Waals surface area contributed by atoms with E-state index in [1.807, 2.05) is 92.0 Å². The molecular formula is C79H116N4O6. The van der Waals surface area contributed by atoms with E-state index < -0.39 is 12.1 Å². The van der Waals surface area contributed by atoms with Crippen LogP contribution in [0, 0.1) is 116 Å². The Morgan fingerprint density at radius 3 is 1.51 bits per heavy atom. The highest BCUT2D eigenvalue weighted by Crippen LogP contribution is 2.73. The first-order chi connectivity index (χ1) is 42.5. The van der Waals surface area contributed by atoms with Crippen molar-refractivity contribution >= 4 is 17.6 Å². The number of rotatable bonds is 17. The predicted molar refractivity (Wildman–Crippen MR) is 359 cm³/mol. The number of carbonyl (C=O) groups is 2. The average molecular weight is 1220 g/mol. The molecule has 8 saturated carbocycles. The molecule has 0 radical (unpaired) electrons. The van der Waals surface area contributed by atoms with Gasteiger partial charge in [0.15, 0.2) is 0 Å². The van der Waals surface area contributed by atoms with Gasteiger partial charge in [-0.3, -0.25) is 14.6 Å². The Morgan fingerprint density at radius 2 is 1.04 bits per heavy atom. The topological polar surface area (TPSA) is 165 Å². The van der Waals surface area contributed by atoms with Gasteiger partial charge in [-0.15, -0.1) is 0 Å². The lowest BCUT2D eigenvalue weighted by atomic mass is 9.40. The van der Waals surface area contributed by atoms with Crippen LogP contribution in [-0.2, 0) is 9.59 Å². The summed E-state index contributed by atoms with van der Waals surface area (Å²) < 4.78 is 0. The number of ketones is 1. The van der Waals surface area contributed by atoms with Crippen molar-refractivity contribution in [1.82, 2.24) is 15.3 Å². The molecular weight excluding hydrogens is 1100 g/mol. The van der Waals surface area contributed by atoms with Gasteiger partial charge in [-0.05, 0) is 262 Å². The van der Waals surface area contributed by atoms with Gasteiger partial charge in [-0.2, -0.15) is 0 Å². The van der Waals surface area contributed by atoms with Crippen LogP contribution >= 0.6 is 0 Å². The number of hydrogen-bond acceptors (Lipinski definition) is 9. The number of carbonyl (C=O) groups excluding carboxylic acids is 1. The average Bonchev–Trinajstić information content (AvgIpc) is 1.72. The summed E-state index contributed by atoms with van der Waals surface area (Å²) in [5, 5.41) is 47.9. The van der Waals surface area contributed by atoms with Gasteiger partial charge in [-0.25, -0.2) is 4.98 Å². The van der Waals surface area contributed by atoms with Crippen LogP contribution in [0.15, 0.2) is 109 Å². The maximum absolute atomic E-state index is 12.1. The van der Waals surface area contributed by atoms with Crippen molar-refractivity contribution in [3.63, 3.8) is 0 Å². The number of fused-ring (bicyclic) bond motifs is 10. The van der Waals surface area contributed by atoms with Gasteiger partial charge in [0.05, 0.1) is 36.8 Å². The Morgan fingerprint density at radius 1 is 0.573 bits per heavy atom. The van der Waals surface area contributed by atoms with Gasteiger partial charge < -0.3 is 31.1 Å². The number of carboxylic acid groups (broad SMARTS) is 1. The highest BCUT2D eigenvalue weighted by molar-refractivity contribution is 5.80. The van der Waals surface area contributed by atoms with Gasteiger partial charge in [0.1, 0.15) is 11.6 Å². The standard InChI is InChI=1S/C28H49NO2.C26H44O3.C25H23N3O/c1-17(7-8-22(31)16-29-6)23-9-10-24-26-18(2)13-20-15-21(30)11-12-27(20,4)25(26)14-19(3)28(23,24)5;1-15(6-9-23(28)29)20-7-8-21-24-16(2)12-18-14-19(27)10-11-25(18,4)22(24)13-17(3)26(20,21)5;29-25(20-13-5-2-6-14-20)23(21-15-7-9-17-26-21)24(19-11-3-1-4-12-19)28-22-16-8-10-18-27-22/h17-21,23-26,29-30H,7-16H2,1-6H3;15-22,24,27H,6-14H2,1-5H3,(H,28,29);1-18,23-25,29H,(H,27,28)/t17?,18?,19?,20-,21?,23?,24+,25+,26+,27+,28-;15?,16?,17?,18-,19?,20?,21+,22+,24+,25+,26-;/m11./s1. The minimum absolute atomic E-state index is 0.0598. The molecule has 2 heterocycles. The van der Waals surface area contributed by atoms with Crippen LogP contribution in [-0.4, -0.2) is 67.9 Å². The number of aliphatic hydroxyl groups is 3. The molecule has 0 saturated heterocycles. The molecule has 10 heteroatoms. The number of hydrogen-bond donors (Lipinski definition) is 6. The Kier molecular flexibility index (Phi) is 21.5. The molecule has 8 aliphatic rings. The number of aliphatic hydroxyl groups excluding tert-OH is 3. The number of anilines is 1. The van der Waals surface area contributed by atoms with Crippen LogP contribution in [0.4, 0.5) is 5.82 Å². The molecule has 12 rings (SSSR count). The van der Waals surface area contributed by atoms with E-state index in [0.29, 0.717) is 70.0 Å². The second kappa shape index (κ2) is 28.4. The smallest absolute Gasteiger partial charge is 0.303 e. The van der Waals surface area contributed by atoms with Crippen molar-refractivity contribution in [3.8, 4) is 0 Å². The van der Waals surface area contributed by atoms with E-state index in [0.717, 1.165) is 133 Å². The van der Waals surface area contributed by atoms with Crippen molar-refractivity contribution in [2.24, 2.45) is 116 Å². The van der Waals surface area contributed by atoms with Crippen LogP contribution < -0.4 is 10.6 Å². The largest absolute Gasteiger partial charge is 0.481 e. The lowest BCUT2D eigenvalue weighted by Gasteiger charge is -2.64. The third-order valence-electron chi connectivity index (χ3n) is 27.7. The SMILES string of the molecule is CC(CCC(=O)O)C1CC[C@H]2[C@@H]3C(C)C[C@@H]4CC(O)CC[C@]4(C)[C@H]3CC(C)[C@]12C.CNCC(=O)CCC(C)C1CC[C@H]2[C@@H]3C(C)C[C@@H]4CC(O)CC[C@]4(C)[C@H]3CC(C)[C@]12C.OC(c1ccccc1)C(c1ccccn1)C(Nc1ccccn1)c1ccccc1. The van der Waals surface area contributed by atoms with Crippen LogP contribution in [0.1, 0.15) is 220 Å². The highest BCUT2D eigenvalue weighted by atomic mass is 16.4. The predicted octanol–water partition coefficient (Wildman–Crippen LogP) is 16.8. The van der Waals surface area contributed by atoms with Crippen molar-refractivity contribution in [2.45, 2.75) is 215 Å². The quantitative estimate of drug-likeness (QED) is 0.0599. The minimum atomic E-state index is -0.743. The number of benzene rings is 2. The summed E-state index contributed by atoms with van der Waals surface area (Å²) in [5.74, 6) is 12.2. The van der Waals surface area contributed by atoms with Crippen LogP contribution in [0.3, 0.4) is 0 Å². The van der Waals surface area contributed by atoms with Crippen molar-refractivity contribution in [2.75, 3.05) is 18.9 Å². The number of aliphatic carboxylic acids is 1. The number of carboxylic acids is 1.